The molecule has 0 spiro atoms. The number of hydrogen-bond acceptors (Lipinski definition) is 3. The molecule has 1 heterocycles. The van der Waals surface area contributed by atoms with Gasteiger partial charge in [0.25, 0.3) is 0 Å². The number of hydrogen-bond donors (Lipinski definition) is 1. The molecule has 0 radical (unpaired) electrons. The lowest BCUT2D eigenvalue weighted by Crippen LogP contribution is -2.39. The summed E-state index contributed by atoms with van der Waals surface area (Å²) in [4.78, 5) is 38.2. The van der Waals surface area contributed by atoms with Crippen molar-refractivity contribution >= 4 is 23.5 Å². The van der Waals surface area contributed by atoms with E-state index in [1.165, 1.54) is 4.90 Å². The summed E-state index contributed by atoms with van der Waals surface area (Å²) in [6.45, 7) is 2.05. The molecule has 2 rings (SSSR count). The number of carboxylic acid groups (broad SMARTS) is 1. The van der Waals surface area contributed by atoms with Crippen molar-refractivity contribution in [3.05, 3.63) is 29.8 Å². The van der Waals surface area contributed by atoms with Crippen molar-refractivity contribution in [2.24, 2.45) is 5.92 Å². The molecule has 6 nitrogen and oxygen atoms in total. The monoisotopic (exact) mass is 318 g/mol. The molecule has 23 heavy (non-hydrogen) atoms. The molecule has 1 N–H and O–H groups in total. The molecule has 1 aliphatic heterocycles. The van der Waals surface area contributed by atoms with Crippen LogP contribution in [-0.2, 0) is 20.8 Å². The highest BCUT2D eigenvalue weighted by Gasteiger charge is 2.25. The number of carbonyl (C=O) groups excluding carboxylic acids is 2. The summed E-state index contributed by atoms with van der Waals surface area (Å²) in [6, 6.07) is 7.72. The van der Waals surface area contributed by atoms with Gasteiger partial charge in [0.2, 0.25) is 11.8 Å². The third-order valence-corrected chi connectivity index (χ3v) is 4.14. The topological polar surface area (TPSA) is 77.9 Å². The number of amides is 2. The van der Waals surface area contributed by atoms with Crippen molar-refractivity contribution in [1.29, 1.82) is 0 Å². The van der Waals surface area contributed by atoms with E-state index in [4.69, 9.17) is 5.11 Å². The maximum atomic E-state index is 12.2. The summed E-state index contributed by atoms with van der Waals surface area (Å²) < 4.78 is 0. The van der Waals surface area contributed by atoms with Crippen LogP contribution in [0.15, 0.2) is 24.3 Å². The van der Waals surface area contributed by atoms with Crippen LogP contribution >= 0.6 is 0 Å². The van der Waals surface area contributed by atoms with Gasteiger partial charge in [-0.3, -0.25) is 14.4 Å². The zero-order valence-corrected chi connectivity index (χ0v) is 13.5. The molecule has 124 valence electrons. The lowest BCUT2D eigenvalue weighted by molar-refractivity contribution is -0.142. The van der Waals surface area contributed by atoms with Gasteiger partial charge in [0.1, 0.15) is 0 Å². The average Bonchev–Trinajstić information content (AvgIpc) is 2.53. The maximum Gasteiger partial charge on any atom is 0.308 e. The van der Waals surface area contributed by atoms with E-state index >= 15 is 0 Å². The molecular weight excluding hydrogens is 296 g/mol. The first kappa shape index (κ1) is 17.0. The van der Waals surface area contributed by atoms with Crippen LogP contribution in [0.2, 0.25) is 0 Å². The fourth-order valence-corrected chi connectivity index (χ4v) is 2.73. The van der Waals surface area contributed by atoms with Gasteiger partial charge in [0, 0.05) is 38.7 Å². The molecule has 1 aromatic carbocycles. The van der Waals surface area contributed by atoms with Crippen LogP contribution in [-0.4, -0.2) is 47.9 Å². The van der Waals surface area contributed by atoms with Crippen LogP contribution in [0.3, 0.4) is 0 Å². The minimum Gasteiger partial charge on any atom is -0.481 e. The predicted octanol–water partition coefficient (Wildman–Crippen LogP) is 1.53. The molecule has 0 fully saturated rings. The van der Waals surface area contributed by atoms with Crippen molar-refractivity contribution < 1.29 is 19.5 Å². The minimum atomic E-state index is -0.926. The Kier molecular flexibility index (Phi) is 5.36. The molecule has 6 heteroatoms. The van der Waals surface area contributed by atoms with Gasteiger partial charge in [-0.15, -0.1) is 0 Å². The first-order valence-corrected chi connectivity index (χ1v) is 7.75. The van der Waals surface area contributed by atoms with Gasteiger partial charge in [-0.1, -0.05) is 25.1 Å². The number of carbonyl (C=O) groups is 3. The number of aliphatic carboxylic acids is 1. The third kappa shape index (κ3) is 4.09. The van der Waals surface area contributed by atoms with Crippen molar-refractivity contribution in [2.75, 3.05) is 25.0 Å². The number of carboxylic acids is 1. The summed E-state index contributed by atoms with van der Waals surface area (Å²) in [6.07, 6.45) is 1.37. The molecule has 1 atom stereocenters. The smallest absolute Gasteiger partial charge is 0.308 e. The van der Waals surface area contributed by atoms with Crippen LogP contribution in [0, 0.1) is 5.92 Å². The molecule has 0 aliphatic carbocycles. The summed E-state index contributed by atoms with van der Waals surface area (Å²) in [5.74, 6) is -1.67. The molecule has 1 aliphatic rings. The van der Waals surface area contributed by atoms with Crippen molar-refractivity contribution in [3.8, 4) is 0 Å². The number of aryl methyl sites for hydroxylation is 1. The molecule has 1 aromatic rings. The van der Waals surface area contributed by atoms with Crippen molar-refractivity contribution in [2.45, 2.75) is 26.2 Å². The highest BCUT2D eigenvalue weighted by molar-refractivity contribution is 5.97. The fraction of sp³-hybridized carbons (Fsp3) is 0.471. The largest absolute Gasteiger partial charge is 0.481 e. The second-order valence-corrected chi connectivity index (χ2v) is 5.94. The van der Waals surface area contributed by atoms with Crippen LogP contribution in [0.5, 0.6) is 0 Å². The average molecular weight is 318 g/mol. The fourth-order valence-electron chi connectivity index (χ4n) is 2.73. The minimum absolute atomic E-state index is 0.0260. The van der Waals surface area contributed by atoms with E-state index in [0.717, 1.165) is 17.7 Å². The van der Waals surface area contributed by atoms with E-state index in [0.29, 0.717) is 13.0 Å². The SMILES string of the molecule is C[C@@H](CN(C)C(=O)CCN1C(=O)CCc2ccccc21)C(=O)O. The van der Waals surface area contributed by atoms with Crippen LogP contribution in [0.25, 0.3) is 0 Å². The maximum absolute atomic E-state index is 12.2. The first-order valence-electron chi connectivity index (χ1n) is 7.75. The van der Waals surface area contributed by atoms with E-state index in [-0.39, 0.29) is 24.8 Å². The normalized spacial score (nSPS) is 15.0. The van der Waals surface area contributed by atoms with Gasteiger partial charge in [0.05, 0.1) is 5.92 Å². The lowest BCUT2D eigenvalue weighted by atomic mass is 10.0. The Morgan fingerprint density at radius 2 is 2.00 bits per heavy atom. The Morgan fingerprint density at radius 3 is 2.70 bits per heavy atom. The second-order valence-electron chi connectivity index (χ2n) is 5.94. The summed E-state index contributed by atoms with van der Waals surface area (Å²) >= 11 is 0. The summed E-state index contributed by atoms with van der Waals surface area (Å²) in [5, 5.41) is 8.90. The lowest BCUT2D eigenvalue weighted by Gasteiger charge is -2.30. The number of anilines is 1. The Morgan fingerprint density at radius 1 is 1.30 bits per heavy atom. The molecule has 0 bridgehead atoms. The number of benzene rings is 1. The Balaban J connectivity index is 1.96. The molecular formula is C17H22N2O4. The van der Waals surface area contributed by atoms with Crippen LogP contribution < -0.4 is 4.90 Å². The predicted molar refractivity (Wildman–Crippen MR) is 86.2 cm³/mol. The quantitative estimate of drug-likeness (QED) is 0.863. The van der Waals surface area contributed by atoms with E-state index in [1.54, 1.807) is 18.9 Å². The molecule has 2 amide bonds. The molecule has 0 saturated heterocycles. The highest BCUT2D eigenvalue weighted by atomic mass is 16.4. The van der Waals surface area contributed by atoms with Gasteiger partial charge in [-0.2, -0.15) is 0 Å². The van der Waals surface area contributed by atoms with E-state index in [1.807, 2.05) is 24.3 Å². The summed E-state index contributed by atoms with van der Waals surface area (Å²) in [7, 11) is 1.59. The Labute approximate surface area is 135 Å². The first-order chi connectivity index (χ1) is 10.9. The number of rotatable bonds is 6. The van der Waals surface area contributed by atoms with Gasteiger partial charge < -0.3 is 14.9 Å². The van der Waals surface area contributed by atoms with E-state index < -0.39 is 11.9 Å². The van der Waals surface area contributed by atoms with Gasteiger partial charge in [-0.25, -0.2) is 0 Å². The van der Waals surface area contributed by atoms with Gasteiger partial charge in [0.15, 0.2) is 0 Å². The Hall–Kier alpha value is -2.37. The van der Waals surface area contributed by atoms with Crippen LogP contribution in [0.1, 0.15) is 25.3 Å². The Bertz CT molecular complexity index is 614. The van der Waals surface area contributed by atoms with Gasteiger partial charge >= 0.3 is 5.97 Å². The number of nitrogens with zero attached hydrogens (tertiary/aromatic N) is 2. The molecule has 0 aromatic heterocycles. The molecule has 0 unspecified atom stereocenters. The zero-order valence-electron chi connectivity index (χ0n) is 13.5. The second kappa shape index (κ2) is 7.26. The van der Waals surface area contributed by atoms with E-state index in [2.05, 4.69) is 0 Å². The molecule has 0 saturated carbocycles. The standard InChI is InChI=1S/C17H22N2O4/c1-12(17(22)23)11-18(2)15(20)9-10-19-14-6-4-3-5-13(14)7-8-16(19)21/h3-6,12H,7-11H2,1-2H3,(H,22,23)/t12-/m0/s1. The number of fused-ring (bicyclic) bond motifs is 1. The van der Waals surface area contributed by atoms with Crippen molar-refractivity contribution in [3.63, 3.8) is 0 Å². The number of para-hydroxylation sites is 1. The van der Waals surface area contributed by atoms with Crippen LogP contribution in [0.4, 0.5) is 5.69 Å². The van der Waals surface area contributed by atoms with E-state index in [9.17, 15) is 14.4 Å². The zero-order chi connectivity index (χ0) is 17.0. The highest BCUT2D eigenvalue weighted by Crippen LogP contribution is 2.27. The van der Waals surface area contributed by atoms with Crippen molar-refractivity contribution in [1.82, 2.24) is 4.90 Å². The third-order valence-electron chi connectivity index (χ3n) is 4.14. The summed E-state index contributed by atoms with van der Waals surface area (Å²) in [5.41, 5.74) is 1.99. The van der Waals surface area contributed by atoms with Gasteiger partial charge in [-0.05, 0) is 18.1 Å².